The number of halogens is 1. The fourth-order valence-electron chi connectivity index (χ4n) is 3.53. The van der Waals surface area contributed by atoms with Gasteiger partial charge in [0.05, 0.1) is 6.26 Å². The Labute approximate surface area is 144 Å². The molecule has 0 spiro atoms. The second-order valence-electron chi connectivity index (χ2n) is 6.20. The molecule has 0 saturated heterocycles. The Kier molecular flexibility index (Phi) is 4.30. The predicted molar refractivity (Wildman–Crippen MR) is 92.5 cm³/mol. The van der Waals surface area contributed by atoms with Crippen molar-refractivity contribution in [1.82, 2.24) is 0 Å². The van der Waals surface area contributed by atoms with Crippen LogP contribution in [-0.4, -0.2) is 10.9 Å². The topological polar surface area (TPSA) is 50.4 Å². The summed E-state index contributed by atoms with van der Waals surface area (Å²) >= 11 is 3.50. The molecule has 3 rings (SSSR count). The van der Waals surface area contributed by atoms with E-state index >= 15 is 0 Å². The monoisotopic (exact) mass is 374 g/mol. The average molecular weight is 375 g/mol. The van der Waals surface area contributed by atoms with E-state index in [0.29, 0.717) is 12.2 Å². The maximum Gasteiger partial charge on any atom is 0.171 e. The van der Waals surface area contributed by atoms with Crippen molar-refractivity contribution in [1.29, 1.82) is 0 Å². The molecular weight excluding hydrogens is 356 g/mol. The molecule has 3 nitrogen and oxygen atoms in total. The zero-order valence-corrected chi connectivity index (χ0v) is 14.8. The highest BCUT2D eigenvalue weighted by Gasteiger charge is 2.42. The third-order valence-electron chi connectivity index (χ3n) is 4.64. The molecule has 0 amide bonds. The van der Waals surface area contributed by atoms with E-state index in [1.54, 1.807) is 18.4 Å². The molecule has 0 bridgehead atoms. The van der Waals surface area contributed by atoms with Crippen LogP contribution in [0.3, 0.4) is 0 Å². The summed E-state index contributed by atoms with van der Waals surface area (Å²) in [5, 5.41) is 10.5. The van der Waals surface area contributed by atoms with Crippen LogP contribution in [0.15, 0.2) is 51.6 Å². The molecule has 0 saturated carbocycles. The highest BCUT2D eigenvalue weighted by atomic mass is 79.9. The zero-order valence-electron chi connectivity index (χ0n) is 13.2. The maximum atomic E-state index is 12.9. The highest BCUT2D eigenvalue weighted by Crippen LogP contribution is 2.47. The van der Waals surface area contributed by atoms with E-state index < -0.39 is 6.10 Å². The van der Waals surface area contributed by atoms with Crippen LogP contribution in [0, 0.1) is 12.8 Å². The number of aliphatic hydroxyl groups is 1. The fourth-order valence-corrected chi connectivity index (χ4v) is 3.86. The van der Waals surface area contributed by atoms with Crippen molar-refractivity contribution in [2.24, 2.45) is 5.92 Å². The molecule has 1 aliphatic carbocycles. The minimum Gasteiger partial charge on any atom is -0.467 e. The Balaban J connectivity index is 2.02. The first kappa shape index (κ1) is 16.2. The standard InChI is InChI=1S/C19H19BrO3/c1-10(2)17-13(9-15(21)16-5-4-8-23-16)12-6-7-14(20)11(3)18(12)19(17)22/h4-8,13,15,17,21H,1,9H2,2-3H3/t13-,15?,17+/m0/s1. The molecular formula is C19H19BrO3. The van der Waals surface area contributed by atoms with Gasteiger partial charge in [-0.3, -0.25) is 4.79 Å². The highest BCUT2D eigenvalue weighted by molar-refractivity contribution is 9.10. The number of ketones is 1. The van der Waals surface area contributed by atoms with Gasteiger partial charge in [-0.15, -0.1) is 0 Å². The normalized spacial score (nSPS) is 21.3. The van der Waals surface area contributed by atoms with Crippen molar-refractivity contribution in [3.8, 4) is 0 Å². The second-order valence-corrected chi connectivity index (χ2v) is 7.05. The van der Waals surface area contributed by atoms with Crippen LogP contribution < -0.4 is 0 Å². The molecule has 0 radical (unpaired) electrons. The molecule has 120 valence electrons. The first-order chi connectivity index (χ1) is 10.9. The molecule has 23 heavy (non-hydrogen) atoms. The van der Waals surface area contributed by atoms with Crippen molar-refractivity contribution < 1.29 is 14.3 Å². The van der Waals surface area contributed by atoms with Crippen molar-refractivity contribution in [3.05, 3.63) is 69.6 Å². The quantitative estimate of drug-likeness (QED) is 0.770. The number of benzene rings is 1. The number of carbonyl (C=O) groups is 1. The van der Waals surface area contributed by atoms with Crippen LogP contribution in [0.1, 0.15) is 52.6 Å². The van der Waals surface area contributed by atoms with E-state index in [-0.39, 0.29) is 17.6 Å². The van der Waals surface area contributed by atoms with E-state index in [9.17, 15) is 9.90 Å². The molecule has 1 aromatic heterocycles. The minimum absolute atomic E-state index is 0.0816. The maximum absolute atomic E-state index is 12.9. The van der Waals surface area contributed by atoms with Gasteiger partial charge in [0, 0.05) is 21.9 Å². The molecule has 1 aliphatic rings. The first-order valence-corrected chi connectivity index (χ1v) is 8.41. The third-order valence-corrected chi connectivity index (χ3v) is 5.50. The number of Topliss-reactive ketones (excluding diaryl/α,β-unsaturated/α-hetero) is 1. The number of furan rings is 1. The number of hydrogen-bond donors (Lipinski definition) is 1. The first-order valence-electron chi connectivity index (χ1n) is 7.62. The number of rotatable bonds is 4. The summed E-state index contributed by atoms with van der Waals surface area (Å²) < 4.78 is 6.22. The zero-order chi connectivity index (χ0) is 16.7. The Hall–Kier alpha value is -1.65. The van der Waals surface area contributed by atoms with E-state index in [4.69, 9.17) is 4.42 Å². The van der Waals surface area contributed by atoms with Crippen molar-refractivity contribution in [2.45, 2.75) is 32.3 Å². The Morgan fingerprint density at radius 3 is 2.78 bits per heavy atom. The van der Waals surface area contributed by atoms with Gasteiger partial charge in [0.1, 0.15) is 11.9 Å². The third kappa shape index (κ3) is 2.70. The van der Waals surface area contributed by atoms with Crippen LogP contribution in [0.4, 0.5) is 0 Å². The van der Waals surface area contributed by atoms with E-state index in [1.165, 1.54) is 0 Å². The van der Waals surface area contributed by atoms with Gasteiger partial charge in [0.25, 0.3) is 0 Å². The molecule has 4 heteroatoms. The lowest BCUT2D eigenvalue weighted by Crippen LogP contribution is -2.17. The number of fused-ring (bicyclic) bond motifs is 1. The van der Waals surface area contributed by atoms with E-state index in [0.717, 1.165) is 26.7 Å². The van der Waals surface area contributed by atoms with Gasteiger partial charge in [-0.1, -0.05) is 34.1 Å². The van der Waals surface area contributed by atoms with Crippen LogP contribution in [-0.2, 0) is 0 Å². The van der Waals surface area contributed by atoms with Crippen molar-refractivity contribution in [2.75, 3.05) is 0 Å². The van der Waals surface area contributed by atoms with Crippen LogP contribution >= 0.6 is 15.9 Å². The molecule has 3 atom stereocenters. The molecule has 1 unspecified atom stereocenters. The van der Waals surface area contributed by atoms with Crippen molar-refractivity contribution >= 4 is 21.7 Å². The summed E-state index contributed by atoms with van der Waals surface area (Å²) in [5.41, 5.74) is 3.55. The van der Waals surface area contributed by atoms with Gasteiger partial charge in [-0.05, 0) is 49.6 Å². The van der Waals surface area contributed by atoms with Gasteiger partial charge in [0.2, 0.25) is 0 Å². The average Bonchev–Trinajstić information content (AvgIpc) is 3.10. The van der Waals surface area contributed by atoms with Crippen LogP contribution in [0.5, 0.6) is 0 Å². The lowest BCUT2D eigenvalue weighted by molar-refractivity contribution is 0.0909. The largest absolute Gasteiger partial charge is 0.467 e. The minimum atomic E-state index is -0.737. The number of hydrogen-bond acceptors (Lipinski definition) is 3. The summed E-state index contributed by atoms with van der Waals surface area (Å²) in [6.45, 7) is 7.83. The molecule has 1 heterocycles. The number of carbonyl (C=O) groups excluding carboxylic acids is 1. The number of aliphatic hydroxyl groups excluding tert-OH is 1. The second kappa shape index (κ2) is 6.10. The van der Waals surface area contributed by atoms with Gasteiger partial charge in [0.15, 0.2) is 5.78 Å². The molecule has 2 aromatic rings. The van der Waals surface area contributed by atoms with Gasteiger partial charge in [-0.2, -0.15) is 0 Å². The summed E-state index contributed by atoms with van der Waals surface area (Å²) in [7, 11) is 0. The SMILES string of the molecule is C=C(C)[C@H]1C(=O)c2c(ccc(Br)c2C)[C@@H]1CC(O)c1ccco1. The van der Waals surface area contributed by atoms with Crippen LogP contribution in [0.2, 0.25) is 0 Å². The van der Waals surface area contributed by atoms with E-state index in [2.05, 4.69) is 22.5 Å². The Morgan fingerprint density at radius 2 is 2.17 bits per heavy atom. The summed E-state index contributed by atoms with van der Waals surface area (Å²) in [6.07, 6.45) is 1.24. The van der Waals surface area contributed by atoms with Crippen molar-refractivity contribution in [3.63, 3.8) is 0 Å². The molecule has 0 fully saturated rings. The summed E-state index contributed by atoms with van der Waals surface area (Å²) in [4.78, 5) is 12.9. The van der Waals surface area contributed by atoms with Gasteiger partial charge in [-0.25, -0.2) is 0 Å². The fraction of sp³-hybridized carbons (Fsp3) is 0.316. The van der Waals surface area contributed by atoms with Gasteiger partial charge >= 0.3 is 0 Å². The lowest BCUT2D eigenvalue weighted by atomic mass is 9.83. The Morgan fingerprint density at radius 1 is 1.43 bits per heavy atom. The van der Waals surface area contributed by atoms with E-state index in [1.807, 2.05) is 26.0 Å². The Bertz CT molecular complexity index is 761. The van der Waals surface area contributed by atoms with Gasteiger partial charge < -0.3 is 9.52 Å². The summed E-state index contributed by atoms with van der Waals surface area (Å²) in [6, 6.07) is 7.45. The lowest BCUT2D eigenvalue weighted by Gasteiger charge is -2.21. The molecule has 0 aliphatic heterocycles. The predicted octanol–water partition coefficient (Wildman–Crippen LogP) is 4.95. The summed E-state index contributed by atoms with van der Waals surface area (Å²) in [5.74, 6) is 0.257. The number of allylic oxidation sites excluding steroid dienone is 1. The molecule has 1 N–H and O–H groups in total. The smallest absolute Gasteiger partial charge is 0.171 e. The van der Waals surface area contributed by atoms with Crippen LogP contribution in [0.25, 0.3) is 0 Å². The molecule has 1 aromatic carbocycles.